The maximum absolute atomic E-state index is 5.79. The van der Waals surface area contributed by atoms with Crippen molar-refractivity contribution < 1.29 is 4.74 Å². The van der Waals surface area contributed by atoms with E-state index in [-0.39, 0.29) is 0 Å². The molecule has 2 N–H and O–H groups in total. The zero-order chi connectivity index (χ0) is 13.1. The second kappa shape index (κ2) is 5.03. The van der Waals surface area contributed by atoms with E-state index in [1.54, 1.807) is 6.33 Å². The van der Waals surface area contributed by atoms with Crippen LogP contribution in [0.25, 0.3) is 11.2 Å². The van der Waals surface area contributed by atoms with Crippen LogP contribution in [0.5, 0.6) is 11.6 Å². The second-order valence-corrected chi connectivity index (χ2v) is 4.06. The lowest BCUT2D eigenvalue weighted by Gasteiger charge is -2.07. The number of ether oxygens (including phenoxy) is 1. The van der Waals surface area contributed by atoms with Gasteiger partial charge in [-0.3, -0.25) is 0 Å². The lowest BCUT2D eigenvalue weighted by atomic mass is 10.2. The topological polar surface area (TPSA) is 75.7 Å². The molecule has 0 saturated carbocycles. The summed E-state index contributed by atoms with van der Waals surface area (Å²) >= 11 is 0. The summed E-state index contributed by atoms with van der Waals surface area (Å²) in [7, 11) is 1.91. The first kappa shape index (κ1) is 11.6. The third-order valence-electron chi connectivity index (χ3n) is 2.68. The molecule has 0 amide bonds. The summed E-state index contributed by atoms with van der Waals surface area (Å²) in [5.41, 5.74) is 2.44. The number of hydrogen-bond donors (Lipinski definition) is 2. The molecule has 0 unspecified atom stereocenters. The van der Waals surface area contributed by atoms with Crippen LogP contribution in [0.15, 0.2) is 36.9 Å². The highest BCUT2D eigenvalue weighted by molar-refractivity contribution is 5.75. The van der Waals surface area contributed by atoms with Gasteiger partial charge in [0.05, 0.1) is 6.33 Å². The maximum Gasteiger partial charge on any atom is 0.248 e. The number of nitrogens with one attached hydrogen (secondary N) is 2. The third kappa shape index (κ3) is 2.38. The van der Waals surface area contributed by atoms with E-state index in [0.717, 1.165) is 17.9 Å². The van der Waals surface area contributed by atoms with Crippen LogP contribution in [0, 0.1) is 0 Å². The van der Waals surface area contributed by atoms with E-state index in [9.17, 15) is 0 Å². The van der Waals surface area contributed by atoms with Crippen LogP contribution in [-0.4, -0.2) is 27.0 Å². The summed E-state index contributed by atoms with van der Waals surface area (Å²) in [4.78, 5) is 15.2. The van der Waals surface area contributed by atoms with Crippen molar-refractivity contribution in [3.63, 3.8) is 0 Å². The molecule has 0 atom stereocenters. The first-order chi connectivity index (χ1) is 9.36. The number of rotatable bonds is 4. The van der Waals surface area contributed by atoms with Crippen molar-refractivity contribution >= 4 is 11.2 Å². The van der Waals surface area contributed by atoms with Crippen molar-refractivity contribution in [1.82, 2.24) is 25.3 Å². The van der Waals surface area contributed by atoms with Gasteiger partial charge in [-0.25, -0.2) is 9.97 Å². The molecule has 0 radical (unpaired) electrons. The number of H-pyrrole nitrogens is 1. The quantitative estimate of drug-likeness (QED) is 0.744. The normalized spacial score (nSPS) is 10.8. The Morgan fingerprint density at radius 3 is 3.11 bits per heavy atom. The average molecular weight is 255 g/mol. The first-order valence-corrected chi connectivity index (χ1v) is 5.92. The van der Waals surface area contributed by atoms with Crippen molar-refractivity contribution in [2.75, 3.05) is 7.05 Å². The molecule has 0 spiro atoms. The molecule has 3 rings (SSSR count). The number of nitrogens with zero attached hydrogens (tertiary/aromatic N) is 3. The molecule has 0 aliphatic rings. The smallest absolute Gasteiger partial charge is 0.248 e. The Morgan fingerprint density at radius 2 is 2.21 bits per heavy atom. The highest BCUT2D eigenvalue weighted by Crippen LogP contribution is 2.24. The Hall–Kier alpha value is -2.47. The summed E-state index contributed by atoms with van der Waals surface area (Å²) in [5, 5.41) is 3.10. The molecule has 0 bridgehead atoms. The van der Waals surface area contributed by atoms with Gasteiger partial charge in [0.25, 0.3) is 0 Å². The summed E-state index contributed by atoms with van der Waals surface area (Å²) in [5.74, 6) is 1.21. The highest BCUT2D eigenvalue weighted by Gasteiger charge is 2.08. The highest BCUT2D eigenvalue weighted by atomic mass is 16.5. The Labute approximate surface area is 109 Å². The summed E-state index contributed by atoms with van der Waals surface area (Å²) in [6.45, 7) is 0.792. The minimum Gasteiger partial charge on any atom is -0.437 e. The van der Waals surface area contributed by atoms with Gasteiger partial charge in [0.2, 0.25) is 5.88 Å². The van der Waals surface area contributed by atoms with Crippen molar-refractivity contribution in [2.45, 2.75) is 6.54 Å². The molecule has 6 nitrogen and oxygen atoms in total. The van der Waals surface area contributed by atoms with Gasteiger partial charge in [-0.1, -0.05) is 12.1 Å². The summed E-state index contributed by atoms with van der Waals surface area (Å²) in [6.07, 6.45) is 3.01. The predicted octanol–water partition coefficient (Wildman–Crippen LogP) is 1.86. The SMILES string of the molecule is CNCc1cccc(Oc2ncnc3nc[nH]c23)c1. The molecular formula is C13H13N5O. The van der Waals surface area contributed by atoms with Gasteiger partial charge in [-0.15, -0.1) is 0 Å². The Bertz CT molecular complexity index is 694. The number of benzene rings is 1. The summed E-state index contributed by atoms with van der Waals surface area (Å²) in [6, 6.07) is 7.85. The van der Waals surface area contributed by atoms with Crippen molar-refractivity contribution in [2.24, 2.45) is 0 Å². The molecule has 96 valence electrons. The van der Waals surface area contributed by atoms with Crippen LogP contribution in [0.4, 0.5) is 0 Å². The van der Waals surface area contributed by atoms with Crippen LogP contribution in [-0.2, 0) is 6.54 Å². The van der Waals surface area contributed by atoms with Gasteiger partial charge in [0.15, 0.2) is 5.65 Å². The number of fused-ring (bicyclic) bond motifs is 1. The molecule has 0 fully saturated rings. The largest absolute Gasteiger partial charge is 0.437 e. The number of aromatic amines is 1. The third-order valence-corrected chi connectivity index (χ3v) is 2.68. The van der Waals surface area contributed by atoms with E-state index in [1.165, 1.54) is 6.33 Å². The molecule has 0 saturated heterocycles. The van der Waals surface area contributed by atoms with Crippen LogP contribution in [0.3, 0.4) is 0 Å². The second-order valence-electron chi connectivity index (χ2n) is 4.06. The van der Waals surface area contributed by atoms with Crippen LogP contribution >= 0.6 is 0 Å². The fraction of sp³-hybridized carbons (Fsp3) is 0.154. The van der Waals surface area contributed by atoms with Gasteiger partial charge in [0, 0.05) is 6.54 Å². The minimum absolute atomic E-state index is 0.476. The van der Waals surface area contributed by atoms with E-state index in [0.29, 0.717) is 17.0 Å². The van der Waals surface area contributed by atoms with Crippen molar-refractivity contribution in [1.29, 1.82) is 0 Å². The zero-order valence-electron chi connectivity index (χ0n) is 10.4. The van der Waals surface area contributed by atoms with Gasteiger partial charge in [-0.05, 0) is 24.7 Å². The molecule has 3 aromatic rings. The van der Waals surface area contributed by atoms with Gasteiger partial charge >= 0.3 is 0 Å². The Morgan fingerprint density at radius 1 is 1.26 bits per heavy atom. The average Bonchev–Trinajstić information content (AvgIpc) is 2.89. The van der Waals surface area contributed by atoms with Crippen LogP contribution in [0.2, 0.25) is 0 Å². The molecule has 2 heterocycles. The standard InChI is InChI=1S/C13H13N5O/c1-14-6-9-3-2-4-10(5-9)19-13-11-12(16-7-15-11)17-8-18-13/h2-5,7-8,14H,6H2,1H3,(H,15,16,17,18). The van der Waals surface area contributed by atoms with E-state index in [4.69, 9.17) is 4.74 Å². The lowest BCUT2D eigenvalue weighted by molar-refractivity contribution is 0.466. The maximum atomic E-state index is 5.79. The summed E-state index contributed by atoms with van der Waals surface area (Å²) < 4.78 is 5.79. The molecule has 0 aliphatic carbocycles. The first-order valence-electron chi connectivity index (χ1n) is 5.92. The fourth-order valence-corrected chi connectivity index (χ4v) is 1.85. The number of aromatic nitrogens is 4. The van der Waals surface area contributed by atoms with Crippen molar-refractivity contribution in [3.05, 3.63) is 42.5 Å². The zero-order valence-corrected chi connectivity index (χ0v) is 10.4. The lowest BCUT2D eigenvalue weighted by Crippen LogP contribution is -2.04. The van der Waals surface area contributed by atoms with E-state index in [1.807, 2.05) is 31.3 Å². The van der Waals surface area contributed by atoms with Crippen molar-refractivity contribution in [3.8, 4) is 11.6 Å². The van der Waals surface area contributed by atoms with E-state index < -0.39 is 0 Å². The van der Waals surface area contributed by atoms with E-state index in [2.05, 4.69) is 25.3 Å². The number of imidazole rings is 1. The predicted molar refractivity (Wildman–Crippen MR) is 71.0 cm³/mol. The fourth-order valence-electron chi connectivity index (χ4n) is 1.85. The Kier molecular flexibility index (Phi) is 3.07. The number of hydrogen-bond acceptors (Lipinski definition) is 5. The van der Waals surface area contributed by atoms with Crippen LogP contribution < -0.4 is 10.1 Å². The Balaban J connectivity index is 1.92. The molecule has 0 aliphatic heterocycles. The molecule has 2 aromatic heterocycles. The molecule has 6 heteroatoms. The van der Waals surface area contributed by atoms with Gasteiger partial charge < -0.3 is 15.0 Å². The molecule has 19 heavy (non-hydrogen) atoms. The van der Waals surface area contributed by atoms with E-state index >= 15 is 0 Å². The van der Waals surface area contributed by atoms with Gasteiger partial charge in [-0.2, -0.15) is 4.98 Å². The van der Waals surface area contributed by atoms with Gasteiger partial charge in [0.1, 0.15) is 17.6 Å². The molecular weight excluding hydrogens is 242 g/mol. The molecule has 1 aromatic carbocycles. The monoisotopic (exact) mass is 255 g/mol. The van der Waals surface area contributed by atoms with Crippen LogP contribution in [0.1, 0.15) is 5.56 Å². The minimum atomic E-state index is 0.476.